The molecule has 0 radical (unpaired) electrons. The number of benzene rings is 2. The largest absolute Gasteiger partial charge is 0.312 e. The van der Waals surface area contributed by atoms with Crippen LogP contribution in [-0.2, 0) is 6.54 Å². The van der Waals surface area contributed by atoms with E-state index in [4.69, 9.17) is 5.26 Å². The molecular formula is C17H18N2S. The van der Waals surface area contributed by atoms with Crippen molar-refractivity contribution in [3.63, 3.8) is 0 Å². The highest BCUT2D eigenvalue weighted by Gasteiger charge is 1.99. The molecule has 0 saturated heterocycles. The van der Waals surface area contributed by atoms with Crippen LogP contribution in [-0.4, -0.2) is 12.3 Å². The summed E-state index contributed by atoms with van der Waals surface area (Å²) in [5, 5.41) is 12.3. The van der Waals surface area contributed by atoms with Crippen LogP contribution < -0.4 is 5.32 Å². The van der Waals surface area contributed by atoms with E-state index in [1.54, 1.807) is 0 Å². The van der Waals surface area contributed by atoms with Crippen LogP contribution >= 0.6 is 11.8 Å². The smallest absolute Gasteiger partial charge is 0.0991 e. The summed E-state index contributed by atoms with van der Waals surface area (Å²) in [6, 6.07) is 18.5. The standard InChI is InChI=1S/C17H18N2S/c1-14-11-15(12-18)7-8-16(14)13-19-9-10-20-17-5-3-2-4-6-17/h2-8,11,19H,9-10,13H2,1H3. The van der Waals surface area contributed by atoms with Gasteiger partial charge in [-0.05, 0) is 42.3 Å². The number of aryl methyl sites for hydroxylation is 1. The molecule has 0 heterocycles. The van der Waals surface area contributed by atoms with Gasteiger partial charge < -0.3 is 5.32 Å². The molecule has 0 bridgehead atoms. The van der Waals surface area contributed by atoms with Crippen molar-refractivity contribution in [2.24, 2.45) is 0 Å². The molecule has 3 heteroatoms. The van der Waals surface area contributed by atoms with E-state index >= 15 is 0 Å². The van der Waals surface area contributed by atoms with Crippen LogP contribution in [0.2, 0.25) is 0 Å². The van der Waals surface area contributed by atoms with Crippen molar-refractivity contribution >= 4 is 11.8 Å². The van der Waals surface area contributed by atoms with Crippen LogP contribution in [0.1, 0.15) is 16.7 Å². The second-order valence-electron chi connectivity index (χ2n) is 4.59. The molecule has 1 N–H and O–H groups in total. The predicted octanol–water partition coefficient (Wildman–Crippen LogP) is 3.75. The molecule has 0 saturated carbocycles. The van der Waals surface area contributed by atoms with E-state index < -0.39 is 0 Å². The minimum Gasteiger partial charge on any atom is -0.312 e. The molecule has 0 aliphatic rings. The lowest BCUT2D eigenvalue weighted by Crippen LogP contribution is -2.17. The van der Waals surface area contributed by atoms with Crippen LogP contribution in [0, 0.1) is 18.3 Å². The minimum atomic E-state index is 0.728. The Morgan fingerprint density at radius 1 is 1.15 bits per heavy atom. The van der Waals surface area contributed by atoms with Gasteiger partial charge >= 0.3 is 0 Å². The Bertz CT molecular complexity index is 588. The Hall–Kier alpha value is -1.76. The molecule has 0 aliphatic heterocycles. The van der Waals surface area contributed by atoms with Crippen LogP contribution in [0.15, 0.2) is 53.4 Å². The second-order valence-corrected chi connectivity index (χ2v) is 5.76. The lowest BCUT2D eigenvalue weighted by atomic mass is 10.1. The monoisotopic (exact) mass is 282 g/mol. The Morgan fingerprint density at radius 2 is 1.95 bits per heavy atom. The van der Waals surface area contributed by atoms with Gasteiger partial charge in [0.25, 0.3) is 0 Å². The van der Waals surface area contributed by atoms with Crippen molar-refractivity contribution in [1.29, 1.82) is 5.26 Å². The fourth-order valence-corrected chi connectivity index (χ4v) is 2.78. The topological polar surface area (TPSA) is 35.8 Å². The van der Waals surface area contributed by atoms with Crippen molar-refractivity contribution in [1.82, 2.24) is 5.32 Å². The quantitative estimate of drug-likeness (QED) is 0.647. The molecule has 0 fully saturated rings. The molecular weight excluding hydrogens is 264 g/mol. The first-order valence-electron chi connectivity index (χ1n) is 6.68. The number of nitrogens with zero attached hydrogens (tertiary/aromatic N) is 1. The molecule has 20 heavy (non-hydrogen) atoms. The van der Waals surface area contributed by atoms with Gasteiger partial charge in [-0.1, -0.05) is 24.3 Å². The highest BCUT2D eigenvalue weighted by molar-refractivity contribution is 7.99. The van der Waals surface area contributed by atoms with Gasteiger partial charge in [-0.25, -0.2) is 0 Å². The third-order valence-electron chi connectivity index (χ3n) is 3.08. The lowest BCUT2D eigenvalue weighted by Gasteiger charge is -2.08. The molecule has 0 unspecified atom stereocenters. The number of rotatable bonds is 6. The number of thioether (sulfide) groups is 1. The normalized spacial score (nSPS) is 10.2. The molecule has 2 rings (SSSR count). The number of nitrogens with one attached hydrogen (secondary N) is 1. The van der Waals surface area contributed by atoms with Crippen LogP contribution in [0.5, 0.6) is 0 Å². The van der Waals surface area contributed by atoms with Crippen LogP contribution in [0.3, 0.4) is 0 Å². The molecule has 0 aliphatic carbocycles. The van der Waals surface area contributed by atoms with Gasteiger partial charge in [0, 0.05) is 23.7 Å². The molecule has 0 atom stereocenters. The van der Waals surface area contributed by atoms with E-state index in [2.05, 4.69) is 42.6 Å². The van der Waals surface area contributed by atoms with Gasteiger partial charge in [-0.15, -0.1) is 11.8 Å². The number of hydrogen-bond acceptors (Lipinski definition) is 3. The van der Waals surface area contributed by atoms with Crippen LogP contribution in [0.25, 0.3) is 0 Å². The van der Waals surface area contributed by atoms with Gasteiger partial charge in [-0.2, -0.15) is 5.26 Å². The molecule has 2 aromatic rings. The molecule has 0 amide bonds. The first kappa shape index (κ1) is 14.6. The first-order chi connectivity index (χ1) is 9.79. The zero-order valence-corrected chi connectivity index (χ0v) is 12.4. The zero-order valence-electron chi connectivity index (χ0n) is 11.6. The maximum atomic E-state index is 8.84. The summed E-state index contributed by atoms with van der Waals surface area (Å²) in [4.78, 5) is 1.31. The SMILES string of the molecule is Cc1cc(C#N)ccc1CNCCSc1ccccc1. The van der Waals surface area contributed by atoms with Crippen molar-refractivity contribution in [2.75, 3.05) is 12.3 Å². The summed E-state index contributed by atoms with van der Waals surface area (Å²) < 4.78 is 0. The Morgan fingerprint density at radius 3 is 2.65 bits per heavy atom. The highest BCUT2D eigenvalue weighted by Crippen LogP contribution is 2.16. The minimum absolute atomic E-state index is 0.728. The van der Waals surface area contributed by atoms with E-state index in [0.29, 0.717) is 0 Å². The summed E-state index contributed by atoms with van der Waals surface area (Å²) in [6.07, 6.45) is 0. The van der Waals surface area contributed by atoms with E-state index in [1.165, 1.54) is 16.0 Å². The number of nitriles is 1. The maximum Gasteiger partial charge on any atom is 0.0991 e. The second kappa shape index (κ2) is 7.74. The van der Waals surface area contributed by atoms with Gasteiger partial charge in [0.15, 0.2) is 0 Å². The van der Waals surface area contributed by atoms with E-state index in [9.17, 15) is 0 Å². The summed E-state index contributed by atoms with van der Waals surface area (Å²) in [5.41, 5.74) is 3.16. The van der Waals surface area contributed by atoms with E-state index in [-0.39, 0.29) is 0 Å². The van der Waals surface area contributed by atoms with Crippen molar-refractivity contribution in [3.8, 4) is 6.07 Å². The zero-order chi connectivity index (χ0) is 14.2. The first-order valence-corrected chi connectivity index (χ1v) is 7.66. The lowest BCUT2D eigenvalue weighted by molar-refractivity contribution is 0.728. The summed E-state index contributed by atoms with van der Waals surface area (Å²) >= 11 is 1.86. The fraction of sp³-hybridized carbons (Fsp3) is 0.235. The molecule has 0 spiro atoms. The highest BCUT2D eigenvalue weighted by atomic mass is 32.2. The average molecular weight is 282 g/mol. The molecule has 2 aromatic carbocycles. The molecule has 102 valence electrons. The van der Waals surface area contributed by atoms with Crippen molar-refractivity contribution in [2.45, 2.75) is 18.4 Å². The predicted molar refractivity (Wildman–Crippen MR) is 84.8 cm³/mol. The summed E-state index contributed by atoms with van der Waals surface area (Å²) in [6.45, 7) is 3.88. The van der Waals surface area contributed by atoms with Gasteiger partial charge in [0.05, 0.1) is 11.6 Å². The van der Waals surface area contributed by atoms with E-state index in [0.717, 1.165) is 24.4 Å². The van der Waals surface area contributed by atoms with Gasteiger partial charge in [0.2, 0.25) is 0 Å². The Kier molecular flexibility index (Phi) is 5.67. The molecule has 2 nitrogen and oxygen atoms in total. The summed E-state index contributed by atoms with van der Waals surface area (Å²) in [5.74, 6) is 1.05. The molecule has 0 aromatic heterocycles. The van der Waals surface area contributed by atoms with E-state index in [1.807, 2.05) is 36.0 Å². The van der Waals surface area contributed by atoms with Crippen LogP contribution in [0.4, 0.5) is 0 Å². The van der Waals surface area contributed by atoms with Crippen molar-refractivity contribution in [3.05, 3.63) is 65.2 Å². The average Bonchev–Trinajstić information content (AvgIpc) is 2.49. The number of hydrogen-bond donors (Lipinski definition) is 1. The summed E-state index contributed by atoms with van der Waals surface area (Å²) in [7, 11) is 0. The Balaban J connectivity index is 1.72. The maximum absolute atomic E-state index is 8.84. The Labute approximate surface area is 124 Å². The van der Waals surface area contributed by atoms with Gasteiger partial charge in [0.1, 0.15) is 0 Å². The van der Waals surface area contributed by atoms with Gasteiger partial charge in [-0.3, -0.25) is 0 Å². The van der Waals surface area contributed by atoms with Crippen molar-refractivity contribution < 1.29 is 0 Å². The fourth-order valence-electron chi connectivity index (χ4n) is 1.94. The third-order valence-corrected chi connectivity index (χ3v) is 4.09. The third kappa shape index (κ3) is 4.41.